The van der Waals surface area contributed by atoms with Crippen molar-refractivity contribution in [3.05, 3.63) is 28.2 Å². The molecule has 0 aliphatic heterocycles. The van der Waals surface area contributed by atoms with Gasteiger partial charge in [0.05, 0.1) is 10.9 Å². The van der Waals surface area contributed by atoms with E-state index in [2.05, 4.69) is 21.2 Å². The number of phenolic OH excluding ortho intramolecular Hbond substituents is 1. The summed E-state index contributed by atoms with van der Waals surface area (Å²) >= 11 is 3.13. The van der Waals surface area contributed by atoms with E-state index >= 15 is 0 Å². The molecule has 0 bridgehead atoms. The highest BCUT2D eigenvalue weighted by Crippen LogP contribution is 2.24. The number of phenols is 1. The predicted octanol–water partition coefficient (Wildman–Crippen LogP) is 2.53. The van der Waals surface area contributed by atoms with E-state index < -0.39 is 12.0 Å². The molecule has 0 aromatic heterocycles. The molecule has 1 unspecified atom stereocenters. The lowest BCUT2D eigenvalue weighted by atomic mass is 10.1. The second kappa shape index (κ2) is 7.13. The summed E-state index contributed by atoms with van der Waals surface area (Å²) in [7, 11) is 0. The Kier molecular flexibility index (Phi) is 5.82. The number of carbonyl (C=O) groups is 2. The van der Waals surface area contributed by atoms with E-state index in [1.807, 2.05) is 6.92 Å². The van der Waals surface area contributed by atoms with E-state index in [1.165, 1.54) is 6.07 Å². The summed E-state index contributed by atoms with van der Waals surface area (Å²) in [6.07, 6.45) is 1.27. The maximum atomic E-state index is 11.9. The average molecular weight is 330 g/mol. The van der Waals surface area contributed by atoms with E-state index in [-0.39, 0.29) is 18.1 Å². The Bertz CT molecular complexity index is 476. The zero-order valence-electron chi connectivity index (χ0n) is 10.5. The number of aromatic hydroxyl groups is 1. The Morgan fingerprint density at radius 1 is 1.42 bits per heavy atom. The first-order chi connectivity index (χ1) is 8.93. The summed E-state index contributed by atoms with van der Waals surface area (Å²) in [4.78, 5) is 22.6. The maximum Gasteiger partial charge on any atom is 0.305 e. The highest BCUT2D eigenvalue weighted by molar-refractivity contribution is 9.10. The molecular weight excluding hydrogens is 314 g/mol. The molecule has 0 saturated carbocycles. The first kappa shape index (κ1) is 15.5. The van der Waals surface area contributed by atoms with Gasteiger partial charge in [-0.25, -0.2) is 0 Å². The third kappa shape index (κ3) is 4.90. The van der Waals surface area contributed by atoms with Gasteiger partial charge in [-0.3, -0.25) is 9.59 Å². The van der Waals surface area contributed by atoms with E-state index in [4.69, 9.17) is 5.11 Å². The van der Waals surface area contributed by atoms with Crippen molar-refractivity contribution in [2.75, 3.05) is 0 Å². The van der Waals surface area contributed by atoms with Gasteiger partial charge in [0.2, 0.25) is 0 Å². The number of halogens is 1. The Hall–Kier alpha value is -1.56. The molecule has 0 aliphatic rings. The van der Waals surface area contributed by atoms with Crippen LogP contribution in [0, 0.1) is 0 Å². The minimum absolute atomic E-state index is 0.0297. The second-order valence-electron chi connectivity index (χ2n) is 4.22. The van der Waals surface area contributed by atoms with Crippen LogP contribution in [0.15, 0.2) is 22.7 Å². The van der Waals surface area contributed by atoms with Crippen LogP contribution in [0.5, 0.6) is 5.75 Å². The number of carbonyl (C=O) groups excluding carboxylic acids is 1. The minimum Gasteiger partial charge on any atom is -0.507 e. The number of hydrogen-bond acceptors (Lipinski definition) is 3. The molecule has 104 valence electrons. The standard InChI is InChI=1S/C13H16BrNO4/c1-2-3-9(7-12(17)18)15-13(19)8-4-5-10(14)11(16)6-8/h4-6,9,16H,2-3,7H2,1H3,(H,15,19)(H,17,18). The van der Waals surface area contributed by atoms with Crippen molar-refractivity contribution in [1.29, 1.82) is 0 Å². The molecule has 1 atom stereocenters. The van der Waals surface area contributed by atoms with Crippen LogP contribution in [-0.2, 0) is 4.79 Å². The van der Waals surface area contributed by atoms with Crippen molar-refractivity contribution in [2.45, 2.75) is 32.2 Å². The van der Waals surface area contributed by atoms with Gasteiger partial charge in [-0.15, -0.1) is 0 Å². The molecule has 0 fully saturated rings. The molecule has 5 nitrogen and oxygen atoms in total. The van der Waals surface area contributed by atoms with Crippen LogP contribution in [0.3, 0.4) is 0 Å². The third-order valence-electron chi connectivity index (χ3n) is 2.60. The zero-order valence-corrected chi connectivity index (χ0v) is 12.1. The summed E-state index contributed by atoms with van der Waals surface area (Å²) in [6.45, 7) is 1.92. The lowest BCUT2D eigenvalue weighted by Crippen LogP contribution is -2.36. The quantitative estimate of drug-likeness (QED) is 0.748. The van der Waals surface area contributed by atoms with Gasteiger partial charge in [0.15, 0.2) is 0 Å². The molecule has 1 amide bonds. The number of benzene rings is 1. The monoisotopic (exact) mass is 329 g/mol. The fraction of sp³-hybridized carbons (Fsp3) is 0.385. The topological polar surface area (TPSA) is 86.6 Å². The van der Waals surface area contributed by atoms with E-state index in [0.29, 0.717) is 16.5 Å². The largest absolute Gasteiger partial charge is 0.507 e. The van der Waals surface area contributed by atoms with E-state index in [0.717, 1.165) is 6.42 Å². The summed E-state index contributed by atoms with van der Waals surface area (Å²) < 4.78 is 0.500. The van der Waals surface area contributed by atoms with Gasteiger partial charge in [-0.05, 0) is 40.5 Å². The molecule has 1 aromatic rings. The molecule has 1 rings (SSSR count). The lowest BCUT2D eigenvalue weighted by Gasteiger charge is -2.16. The normalized spacial score (nSPS) is 11.9. The smallest absolute Gasteiger partial charge is 0.305 e. The summed E-state index contributed by atoms with van der Waals surface area (Å²) in [6, 6.07) is 4.06. The van der Waals surface area contributed by atoms with Crippen LogP contribution in [0.2, 0.25) is 0 Å². The molecular formula is C13H16BrNO4. The first-order valence-electron chi connectivity index (χ1n) is 5.95. The van der Waals surface area contributed by atoms with Crippen molar-refractivity contribution in [3.8, 4) is 5.75 Å². The minimum atomic E-state index is -0.947. The molecule has 3 N–H and O–H groups in total. The van der Waals surface area contributed by atoms with Crippen molar-refractivity contribution in [3.63, 3.8) is 0 Å². The summed E-state index contributed by atoms with van der Waals surface area (Å²) in [5.74, 6) is -1.36. The molecule has 1 aromatic carbocycles. The number of hydrogen-bond donors (Lipinski definition) is 3. The van der Waals surface area contributed by atoms with Crippen LogP contribution in [-0.4, -0.2) is 28.1 Å². The maximum absolute atomic E-state index is 11.9. The summed E-state index contributed by atoms with van der Waals surface area (Å²) in [5.41, 5.74) is 0.298. The van der Waals surface area contributed by atoms with Crippen LogP contribution >= 0.6 is 15.9 Å². The number of amides is 1. The zero-order chi connectivity index (χ0) is 14.4. The molecule has 0 saturated heterocycles. The molecule has 0 radical (unpaired) electrons. The molecule has 19 heavy (non-hydrogen) atoms. The van der Waals surface area contributed by atoms with E-state index in [9.17, 15) is 14.7 Å². The molecule has 0 spiro atoms. The number of carboxylic acids is 1. The number of aliphatic carboxylic acids is 1. The van der Waals surface area contributed by atoms with E-state index in [1.54, 1.807) is 12.1 Å². The highest BCUT2D eigenvalue weighted by atomic mass is 79.9. The van der Waals surface area contributed by atoms with Crippen molar-refractivity contribution < 1.29 is 19.8 Å². The number of nitrogens with one attached hydrogen (secondary N) is 1. The number of carboxylic acid groups (broad SMARTS) is 1. The van der Waals surface area contributed by atoms with Crippen molar-refractivity contribution >= 4 is 27.8 Å². The SMILES string of the molecule is CCCC(CC(=O)O)NC(=O)c1ccc(Br)c(O)c1. The Labute approximate surface area is 119 Å². The van der Waals surface area contributed by atoms with Gasteiger partial charge in [-0.1, -0.05) is 13.3 Å². The van der Waals surface area contributed by atoms with Gasteiger partial charge >= 0.3 is 5.97 Å². The van der Waals surface area contributed by atoms with Crippen molar-refractivity contribution in [1.82, 2.24) is 5.32 Å². The highest BCUT2D eigenvalue weighted by Gasteiger charge is 2.16. The van der Waals surface area contributed by atoms with Crippen LogP contribution in [0.1, 0.15) is 36.5 Å². The van der Waals surface area contributed by atoms with Crippen LogP contribution < -0.4 is 5.32 Å². The molecule has 0 heterocycles. The van der Waals surface area contributed by atoms with Gasteiger partial charge in [0, 0.05) is 11.6 Å². The molecule has 6 heteroatoms. The first-order valence-corrected chi connectivity index (χ1v) is 6.74. The van der Waals surface area contributed by atoms with Crippen LogP contribution in [0.4, 0.5) is 0 Å². The Morgan fingerprint density at radius 3 is 2.63 bits per heavy atom. The Balaban J connectivity index is 2.75. The van der Waals surface area contributed by atoms with Crippen LogP contribution in [0.25, 0.3) is 0 Å². The molecule has 0 aliphatic carbocycles. The van der Waals surface area contributed by atoms with Gasteiger partial charge in [-0.2, -0.15) is 0 Å². The van der Waals surface area contributed by atoms with Gasteiger partial charge in [0.1, 0.15) is 5.75 Å². The number of rotatable bonds is 6. The van der Waals surface area contributed by atoms with Gasteiger partial charge in [0.25, 0.3) is 5.91 Å². The predicted molar refractivity (Wildman–Crippen MR) is 74.2 cm³/mol. The Morgan fingerprint density at radius 2 is 2.11 bits per heavy atom. The summed E-state index contributed by atoms with van der Waals surface area (Å²) in [5, 5.41) is 21.0. The third-order valence-corrected chi connectivity index (χ3v) is 3.27. The van der Waals surface area contributed by atoms with Crippen molar-refractivity contribution in [2.24, 2.45) is 0 Å². The van der Waals surface area contributed by atoms with Gasteiger partial charge < -0.3 is 15.5 Å². The lowest BCUT2D eigenvalue weighted by molar-refractivity contribution is -0.137. The average Bonchev–Trinajstić information content (AvgIpc) is 2.32. The fourth-order valence-corrected chi connectivity index (χ4v) is 1.95. The second-order valence-corrected chi connectivity index (χ2v) is 5.08. The fourth-order valence-electron chi connectivity index (χ4n) is 1.71.